The molecular formula is C20H35N3O3. The van der Waals surface area contributed by atoms with E-state index in [2.05, 4.69) is 10.2 Å². The molecule has 0 aromatic heterocycles. The van der Waals surface area contributed by atoms with E-state index in [9.17, 15) is 9.90 Å². The molecule has 0 unspecified atom stereocenters. The van der Waals surface area contributed by atoms with Crippen molar-refractivity contribution in [2.45, 2.75) is 62.5 Å². The number of amides is 1. The van der Waals surface area contributed by atoms with Gasteiger partial charge in [-0.05, 0) is 44.4 Å². The Hall–Kier alpha value is -0.690. The van der Waals surface area contributed by atoms with Crippen molar-refractivity contribution in [1.82, 2.24) is 15.1 Å². The van der Waals surface area contributed by atoms with Gasteiger partial charge in [-0.25, -0.2) is 0 Å². The predicted molar refractivity (Wildman–Crippen MR) is 99.9 cm³/mol. The highest BCUT2D eigenvalue weighted by molar-refractivity contribution is 5.86. The molecule has 0 radical (unpaired) electrons. The van der Waals surface area contributed by atoms with Crippen LogP contribution in [0.4, 0.5) is 0 Å². The summed E-state index contributed by atoms with van der Waals surface area (Å²) in [6.07, 6.45) is 8.94. The van der Waals surface area contributed by atoms with Crippen LogP contribution in [0.1, 0.15) is 51.4 Å². The number of aliphatic hydroxyl groups is 1. The zero-order chi connectivity index (χ0) is 18.0. The minimum atomic E-state index is -1.21. The molecule has 2 N–H and O–H groups in total. The van der Waals surface area contributed by atoms with Crippen molar-refractivity contribution in [3.05, 3.63) is 0 Å². The lowest BCUT2D eigenvalue weighted by molar-refractivity contribution is -0.157. The summed E-state index contributed by atoms with van der Waals surface area (Å²) >= 11 is 0. The highest BCUT2D eigenvalue weighted by atomic mass is 16.5. The van der Waals surface area contributed by atoms with Gasteiger partial charge in [-0.15, -0.1) is 0 Å². The first kappa shape index (κ1) is 18.7. The molecule has 4 rings (SSSR count). The summed E-state index contributed by atoms with van der Waals surface area (Å²) in [5, 5.41) is 14.5. The zero-order valence-corrected chi connectivity index (χ0v) is 16.0. The van der Waals surface area contributed by atoms with E-state index in [1.807, 2.05) is 4.90 Å². The lowest BCUT2D eigenvalue weighted by Gasteiger charge is -2.44. The van der Waals surface area contributed by atoms with E-state index in [4.69, 9.17) is 4.74 Å². The second-order valence-corrected chi connectivity index (χ2v) is 8.96. The number of likely N-dealkylation sites (tertiary alicyclic amines) is 1. The van der Waals surface area contributed by atoms with Gasteiger partial charge in [0, 0.05) is 44.8 Å². The minimum absolute atomic E-state index is 0.0463. The van der Waals surface area contributed by atoms with Crippen molar-refractivity contribution in [2.75, 3.05) is 52.5 Å². The molecule has 6 nitrogen and oxygen atoms in total. The molecule has 4 fully saturated rings. The van der Waals surface area contributed by atoms with Gasteiger partial charge in [0.05, 0.1) is 13.2 Å². The maximum Gasteiger partial charge on any atom is 0.255 e. The van der Waals surface area contributed by atoms with Crippen molar-refractivity contribution >= 4 is 5.91 Å². The number of nitrogens with zero attached hydrogens (tertiary/aromatic N) is 2. The van der Waals surface area contributed by atoms with Gasteiger partial charge >= 0.3 is 0 Å². The Morgan fingerprint density at radius 3 is 2.46 bits per heavy atom. The van der Waals surface area contributed by atoms with Gasteiger partial charge in [0.25, 0.3) is 5.91 Å². The van der Waals surface area contributed by atoms with Gasteiger partial charge < -0.3 is 20.1 Å². The topological polar surface area (TPSA) is 65.0 Å². The Bertz CT molecular complexity index is 499. The fourth-order valence-electron chi connectivity index (χ4n) is 5.19. The highest BCUT2D eigenvalue weighted by Crippen LogP contribution is 2.36. The molecule has 0 spiro atoms. The number of piperidine rings is 1. The molecule has 1 amide bonds. The first-order valence-electron chi connectivity index (χ1n) is 10.7. The van der Waals surface area contributed by atoms with E-state index >= 15 is 0 Å². The summed E-state index contributed by atoms with van der Waals surface area (Å²) in [7, 11) is 0. The molecule has 2 saturated heterocycles. The van der Waals surface area contributed by atoms with E-state index in [-0.39, 0.29) is 11.4 Å². The average molecular weight is 366 g/mol. The maximum absolute atomic E-state index is 12.8. The summed E-state index contributed by atoms with van der Waals surface area (Å²) in [6.45, 7) is 6.55. The molecule has 2 heterocycles. The number of carbonyl (C=O) groups excluding carboxylic acids is 1. The number of morpholine rings is 1. The van der Waals surface area contributed by atoms with Crippen molar-refractivity contribution in [1.29, 1.82) is 0 Å². The fraction of sp³-hybridized carbons (Fsp3) is 0.950. The van der Waals surface area contributed by atoms with Gasteiger partial charge in [0.15, 0.2) is 5.60 Å². The number of rotatable bonds is 7. The second kappa shape index (κ2) is 7.74. The Balaban J connectivity index is 1.33. The SMILES string of the molecule is O=C1N(CC2CC2)CCC[C@]1(O)CNCC1(N2CCOCC2)CCCC1. The quantitative estimate of drug-likeness (QED) is 0.704. The molecule has 0 bridgehead atoms. The lowest BCUT2D eigenvalue weighted by Crippen LogP contribution is -2.61. The fourth-order valence-corrected chi connectivity index (χ4v) is 5.19. The zero-order valence-electron chi connectivity index (χ0n) is 16.0. The maximum atomic E-state index is 12.8. The van der Waals surface area contributed by atoms with E-state index in [0.29, 0.717) is 18.9 Å². The van der Waals surface area contributed by atoms with Crippen LogP contribution in [0.5, 0.6) is 0 Å². The molecule has 2 saturated carbocycles. The number of ether oxygens (including phenoxy) is 1. The summed E-state index contributed by atoms with van der Waals surface area (Å²) in [5.41, 5.74) is -1.02. The minimum Gasteiger partial charge on any atom is -0.379 e. The second-order valence-electron chi connectivity index (χ2n) is 8.96. The van der Waals surface area contributed by atoms with Crippen LogP contribution in [0.2, 0.25) is 0 Å². The average Bonchev–Trinajstić information content (AvgIpc) is 3.35. The molecule has 0 aromatic carbocycles. The first-order chi connectivity index (χ1) is 12.6. The van der Waals surface area contributed by atoms with E-state index in [0.717, 1.165) is 52.4 Å². The molecule has 26 heavy (non-hydrogen) atoms. The van der Waals surface area contributed by atoms with Crippen LogP contribution in [0.3, 0.4) is 0 Å². The number of hydrogen-bond acceptors (Lipinski definition) is 5. The Kier molecular flexibility index (Phi) is 5.56. The van der Waals surface area contributed by atoms with Gasteiger partial charge in [0.2, 0.25) is 0 Å². The highest BCUT2D eigenvalue weighted by Gasteiger charge is 2.45. The summed E-state index contributed by atoms with van der Waals surface area (Å²) in [4.78, 5) is 17.3. The van der Waals surface area contributed by atoms with E-state index < -0.39 is 5.60 Å². The Labute approximate surface area is 157 Å². The third-order valence-corrected chi connectivity index (χ3v) is 6.97. The predicted octanol–water partition coefficient (Wildman–Crippen LogP) is 0.985. The molecule has 6 heteroatoms. The lowest BCUT2D eigenvalue weighted by atomic mass is 9.90. The smallest absolute Gasteiger partial charge is 0.255 e. The third-order valence-electron chi connectivity index (χ3n) is 6.97. The molecule has 2 aliphatic heterocycles. The first-order valence-corrected chi connectivity index (χ1v) is 10.7. The van der Waals surface area contributed by atoms with Gasteiger partial charge in [-0.3, -0.25) is 9.69 Å². The monoisotopic (exact) mass is 365 g/mol. The molecule has 0 aromatic rings. The summed E-state index contributed by atoms with van der Waals surface area (Å²) in [5.74, 6) is 0.632. The summed E-state index contributed by atoms with van der Waals surface area (Å²) < 4.78 is 5.53. The van der Waals surface area contributed by atoms with Crippen molar-refractivity contribution in [3.8, 4) is 0 Å². The van der Waals surface area contributed by atoms with E-state index in [1.165, 1.54) is 38.5 Å². The van der Waals surface area contributed by atoms with Crippen molar-refractivity contribution in [3.63, 3.8) is 0 Å². The van der Waals surface area contributed by atoms with Gasteiger partial charge in [-0.2, -0.15) is 0 Å². The van der Waals surface area contributed by atoms with Crippen molar-refractivity contribution < 1.29 is 14.6 Å². The van der Waals surface area contributed by atoms with Crippen LogP contribution >= 0.6 is 0 Å². The standard InChI is InChI=1S/C20H35N3O3/c24-18-20(25,8-3-9-22(18)14-17-4-5-17)16-21-15-19(6-1-2-7-19)23-10-12-26-13-11-23/h17,21,25H,1-16H2/t20-/m0/s1. The van der Waals surface area contributed by atoms with E-state index in [1.54, 1.807) is 0 Å². The molecule has 4 aliphatic rings. The number of carbonyl (C=O) groups is 1. The number of nitrogens with one attached hydrogen (secondary N) is 1. The Morgan fingerprint density at radius 2 is 1.77 bits per heavy atom. The van der Waals surface area contributed by atoms with Gasteiger partial charge in [-0.1, -0.05) is 12.8 Å². The molecule has 1 atom stereocenters. The largest absolute Gasteiger partial charge is 0.379 e. The van der Waals surface area contributed by atoms with Crippen LogP contribution in [-0.4, -0.2) is 84.4 Å². The van der Waals surface area contributed by atoms with Crippen LogP contribution < -0.4 is 5.32 Å². The normalized spacial score (nSPS) is 33.0. The summed E-state index contributed by atoms with van der Waals surface area (Å²) in [6, 6.07) is 0. The van der Waals surface area contributed by atoms with Crippen molar-refractivity contribution in [2.24, 2.45) is 5.92 Å². The number of hydrogen-bond donors (Lipinski definition) is 2. The van der Waals surface area contributed by atoms with Crippen LogP contribution in [0.25, 0.3) is 0 Å². The van der Waals surface area contributed by atoms with Crippen LogP contribution in [-0.2, 0) is 9.53 Å². The van der Waals surface area contributed by atoms with Gasteiger partial charge in [0.1, 0.15) is 0 Å². The molecule has 148 valence electrons. The molecule has 2 aliphatic carbocycles. The third kappa shape index (κ3) is 3.93. The Morgan fingerprint density at radius 1 is 1.04 bits per heavy atom. The van der Waals surface area contributed by atoms with Crippen LogP contribution in [0, 0.1) is 5.92 Å². The molecular weight excluding hydrogens is 330 g/mol. The van der Waals surface area contributed by atoms with Crippen LogP contribution in [0.15, 0.2) is 0 Å².